The molecule has 3 rings (SSSR count). The van der Waals surface area contributed by atoms with Crippen molar-refractivity contribution in [1.29, 1.82) is 0 Å². The lowest BCUT2D eigenvalue weighted by Crippen LogP contribution is -2.27. The second-order valence-corrected chi connectivity index (χ2v) is 6.75. The molecule has 24 heavy (non-hydrogen) atoms. The van der Waals surface area contributed by atoms with Crippen LogP contribution in [0, 0.1) is 11.8 Å². The number of nitrogens with zero attached hydrogens (tertiary/aromatic N) is 2. The summed E-state index contributed by atoms with van der Waals surface area (Å²) < 4.78 is 2.03. The maximum atomic E-state index is 11.8. The van der Waals surface area contributed by atoms with E-state index < -0.39 is 0 Å². The molecule has 6 heteroatoms. The maximum absolute atomic E-state index is 11.8. The van der Waals surface area contributed by atoms with E-state index in [4.69, 9.17) is 0 Å². The molecule has 0 atom stereocenters. The monoisotopic (exact) mass is 328 g/mol. The van der Waals surface area contributed by atoms with E-state index in [1.165, 1.54) is 0 Å². The number of anilines is 1. The molecule has 1 aliphatic carbocycles. The van der Waals surface area contributed by atoms with Crippen molar-refractivity contribution < 1.29 is 9.59 Å². The number of nitrogens with one attached hydrogen (secondary N) is 2. The van der Waals surface area contributed by atoms with Crippen LogP contribution in [0.2, 0.25) is 0 Å². The lowest BCUT2D eigenvalue weighted by molar-refractivity contribution is -0.122. The van der Waals surface area contributed by atoms with Crippen molar-refractivity contribution in [3.8, 4) is 0 Å². The molecule has 1 aliphatic rings. The predicted octanol–water partition coefficient (Wildman–Crippen LogP) is 2.24. The largest absolute Gasteiger partial charge is 0.355 e. The normalized spacial score (nSPS) is 14.2. The third kappa shape index (κ3) is 3.58. The molecular formula is C18H24N4O2. The van der Waals surface area contributed by atoms with Gasteiger partial charge in [0.15, 0.2) is 0 Å². The number of aryl methyl sites for hydroxylation is 1. The van der Waals surface area contributed by atoms with Crippen LogP contribution in [0.5, 0.6) is 0 Å². The Morgan fingerprint density at radius 3 is 2.75 bits per heavy atom. The molecule has 0 unspecified atom stereocenters. The van der Waals surface area contributed by atoms with Gasteiger partial charge in [-0.2, -0.15) is 0 Å². The van der Waals surface area contributed by atoms with Gasteiger partial charge in [-0.25, -0.2) is 4.98 Å². The SMILES string of the molecule is CC(C)C(=O)Nc1ccc2c(c1)nc(CCNC(=O)C1CC1)n2C. The summed E-state index contributed by atoms with van der Waals surface area (Å²) in [6.07, 6.45) is 2.73. The van der Waals surface area contributed by atoms with Crippen LogP contribution < -0.4 is 10.6 Å². The summed E-state index contributed by atoms with van der Waals surface area (Å²) in [5, 5.41) is 5.86. The number of rotatable bonds is 6. The number of benzene rings is 1. The molecule has 0 aliphatic heterocycles. The third-order valence-corrected chi connectivity index (χ3v) is 4.36. The van der Waals surface area contributed by atoms with Crippen molar-refractivity contribution >= 4 is 28.5 Å². The number of amides is 2. The van der Waals surface area contributed by atoms with E-state index >= 15 is 0 Å². The molecule has 2 aromatic rings. The molecule has 6 nitrogen and oxygen atoms in total. The van der Waals surface area contributed by atoms with E-state index in [2.05, 4.69) is 15.6 Å². The number of aromatic nitrogens is 2. The van der Waals surface area contributed by atoms with E-state index in [9.17, 15) is 9.59 Å². The van der Waals surface area contributed by atoms with Crippen molar-refractivity contribution in [2.75, 3.05) is 11.9 Å². The Labute approximate surface area is 141 Å². The highest BCUT2D eigenvalue weighted by atomic mass is 16.2. The fourth-order valence-corrected chi connectivity index (χ4v) is 2.63. The van der Waals surface area contributed by atoms with Crippen molar-refractivity contribution in [2.24, 2.45) is 18.9 Å². The van der Waals surface area contributed by atoms with Gasteiger partial charge in [0.2, 0.25) is 11.8 Å². The minimum absolute atomic E-state index is 0.00621. The molecule has 1 fully saturated rings. The minimum Gasteiger partial charge on any atom is -0.355 e. The second kappa shape index (κ2) is 6.63. The average Bonchev–Trinajstić information content (AvgIpc) is 3.34. The lowest BCUT2D eigenvalue weighted by Gasteiger charge is -2.07. The van der Waals surface area contributed by atoms with E-state index in [0.29, 0.717) is 13.0 Å². The molecule has 1 heterocycles. The zero-order chi connectivity index (χ0) is 17.3. The predicted molar refractivity (Wildman–Crippen MR) is 93.6 cm³/mol. The summed E-state index contributed by atoms with van der Waals surface area (Å²) in [6, 6.07) is 5.75. The van der Waals surface area contributed by atoms with Gasteiger partial charge in [0.05, 0.1) is 11.0 Å². The van der Waals surface area contributed by atoms with E-state index in [1.54, 1.807) is 0 Å². The molecule has 0 spiro atoms. The number of imidazole rings is 1. The molecule has 1 aromatic heterocycles. The smallest absolute Gasteiger partial charge is 0.226 e. The van der Waals surface area contributed by atoms with Crippen LogP contribution >= 0.6 is 0 Å². The molecule has 2 N–H and O–H groups in total. The van der Waals surface area contributed by atoms with Gasteiger partial charge in [-0.3, -0.25) is 9.59 Å². The summed E-state index contributed by atoms with van der Waals surface area (Å²) >= 11 is 0. The lowest BCUT2D eigenvalue weighted by atomic mass is 10.2. The molecule has 128 valence electrons. The quantitative estimate of drug-likeness (QED) is 0.854. The standard InChI is InChI=1S/C18H24N4O2/c1-11(2)17(23)20-13-6-7-15-14(10-13)21-16(22(15)3)8-9-19-18(24)12-4-5-12/h6-7,10-12H,4-5,8-9H2,1-3H3,(H,19,24)(H,20,23). The first-order chi connectivity index (χ1) is 11.5. The minimum atomic E-state index is -0.0601. The van der Waals surface area contributed by atoms with Crippen molar-refractivity contribution in [3.63, 3.8) is 0 Å². The summed E-state index contributed by atoms with van der Waals surface area (Å²) in [5.74, 6) is 1.25. The van der Waals surface area contributed by atoms with Crippen LogP contribution in [0.25, 0.3) is 11.0 Å². The van der Waals surface area contributed by atoms with Crippen LogP contribution in [0.3, 0.4) is 0 Å². The summed E-state index contributed by atoms with van der Waals surface area (Å²) in [4.78, 5) is 28.1. The summed E-state index contributed by atoms with van der Waals surface area (Å²) in [7, 11) is 1.97. The third-order valence-electron chi connectivity index (χ3n) is 4.36. The zero-order valence-corrected chi connectivity index (χ0v) is 14.4. The molecule has 0 saturated heterocycles. The summed E-state index contributed by atoms with van der Waals surface area (Å²) in [5.41, 5.74) is 2.62. The van der Waals surface area contributed by atoms with Crippen LogP contribution in [-0.4, -0.2) is 27.9 Å². The van der Waals surface area contributed by atoms with Crippen LogP contribution in [0.1, 0.15) is 32.5 Å². The van der Waals surface area contributed by atoms with Crippen molar-refractivity contribution in [2.45, 2.75) is 33.1 Å². The highest BCUT2D eigenvalue weighted by Gasteiger charge is 2.29. The first-order valence-electron chi connectivity index (χ1n) is 8.49. The Morgan fingerprint density at radius 2 is 2.08 bits per heavy atom. The topological polar surface area (TPSA) is 76.0 Å². The van der Waals surface area contributed by atoms with Gasteiger partial charge in [0.1, 0.15) is 5.82 Å². The van der Waals surface area contributed by atoms with Crippen LogP contribution in [-0.2, 0) is 23.1 Å². The highest BCUT2D eigenvalue weighted by molar-refractivity contribution is 5.94. The van der Waals surface area contributed by atoms with Gasteiger partial charge in [-0.15, -0.1) is 0 Å². The number of carbonyl (C=O) groups excluding carboxylic acids is 2. The van der Waals surface area contributed by atoms with Gasteiger partial charge in [-0.05, 0) is 31.0 Å². The highest BCUT2D eigenvalue weighted by Crippen LogP contribution is 2.28. The molecule has 0 radical (unpaired) electrons. The van der Waals surface area contributed by atoms with Gasteiger partial charge in [0, 0.05) is 37.5 Å². The molecular weight excluding hydrogens is 304 g/mol. The van der Waals surface area contributed by atoms with Crippen molar-refractivity contribution in [1.82, 2.24) is 14.9 Å². The summed E-state index contributed by atoms with van der Waals surface area (Å²) in [6.45, 7) is 4.33. The van der Waals surface area contributed by atoms with E-state index in [1.807, 2.05) is 43.7 Å². The number of carbonyl (C=O) groups is 2. The Kier molecular flexibility index (Phi) is 4.55. The molecule has 1 saturated carbocycles. The Morgan fingerprint density at radius 1 is 1.33 bits per heavy atom. The van der Waals surface area contributed by atoms with Crippen LogP contribution in [0.15, 0.2) is 18.2 Å². The van der Waals surface area contributed by atoms with Gasteiger partial charge >= 0.3 is 0 Å². The fraction of sp³-hybridized carbons (Fsp3) is 0.500. The van der Waals surface area contributed by atoms with Gasteiger partial charge in [0.25, 0.3) is 0 Å². The average molecular weight is 328 g/mol. The number of hydrogen-bond acceptors (Lipinski definition) is 3. The Hall–Kier alpha value is -2.37. The second-order valence-electron chi connectivity index (χ2n) is 6.75. The Balaban J connectivity index is 1.69. The van der Waals surface area contributed by atoms with E-state index in [-0.39, 0.29) is 23.7 Å². The number of hydrogen-bond donors (Lipinski definition) is 2. The molecule has 2 amide bonds. The van der Waals surface area contributed by atoms with Crippen LogP contribution in [0.4, 0.5) is 5.69 Å². The Bertz CT molecular complexity index is 775. The fourth-order valence-electron chi connectivity index (χ4n) is 2.63. The van der Waals surface area contributed by atoms with Gasteiger partial charge in [-0.1, -0.05) is 13.8 Å². The number of fused-ring (bicyclic) bond motifs is 1. The molecule has 1 aromatic carbocycles. The maximum Gasteiger partial charge on any atom is 0.226 e. The van der Waals surface area contributed by atoms with E-state index in [0.717, 1.165) is 35.4 Å². The molecule has 0 bridgehead atoms. The van der Waals surface area contributed by atoms with Crippen molar-refractivity contribution in [3.05, 3.63) is 24.0 Å². The van der Waals surface area contributed by atoms with Gasteiger partial charge < -0.3 is 15.2 Å². The first kappa shape index (κ1) is 16.5. The first-order valence-corrected chi connectivity index (χ1v) is 8.49. The zero-order valence-electron chi connectivity index (χ0n) is 14.4.